The zero-order valence-corrected chi connectivity index (χ0v) is 16.5. The maximum Gasteiger partial charge on any atom is 0.305 e. The number of ether oxygens (including phenoxy) is 2. The van der Waals surface area contributed by atoms with E-state index in [9.17, 15) is 4.79 Å². The Morgan fingerprint density at radius 1 is 1.04 bits per heavy atom. The lowest BCUT2D eigenvalue weighted by atomic mass is 9.95. The summed E-state index contributed by atoms with van der Waals surface area (Å²) >= 11 is 3.47. The SMILES string of the molecule is CCOC(=O)CCCc1cccc(OC)c1CCc1ccc(Br)cc1. The molecule has 0 saturated heterocycles. The molecule has 0 heterocycles. The Kier molecular flexibility index (Phi) is 7.99. The number of carbonyl (C=O) groups excluding carboxylic acids is 1. The van der Waals surface area contributed by atoms with E-state index in [0.29, 0.717) is 13.0 Å². The van der Waals surface area contributed by atoms with Gasteiger partial charge in [0.2, 0.25) is 0 Å². The first-order chi connectivity index (χ1) is 12.1. The van der Waals surface area contributed by atoms with E-state index < -0.39 is 0 Å². The van der Waals surface area contributed by atoms with Gasteiger partial charge < -0.3 is 9.47 Å². The van der Waals surface area contributed by atoms with Crippen molar-refractivity contribution in [2.24, 2.45) is 0 Å². The fourth-order valence-corrected chi connectivity index (χ4v) is 3.16. The minimum absolute atomic E-state index is 0.123. The van der Waals surface area contributed by atoms with Crippen LogP contribution in [0.4, 0.5) is 0 Å². The minimum atomic E-state index is -0.123. The fraction of sp³-hybridized carbons (Fsp3) is 0.381. The summed E-state index contributed by atoms with van der Waals surface area (Å²) in [6, 6.07) is 14.6. The first-order valence-electron chi connectivity index (χ1n) is 8.68. The number of esters is 1. The first kappa shape index (κ1) is 19.5. The minimum Gasteiger partial charge on any atom is -0.496 e. The largest absolute Gasteiger partial charge is 0.496 e. The molecule has 0 aromatic heterocycles. The second-order valence-corrected chi connectivity index (χ2v) is 6.80. The molecule has 3 nitrogen and oxygen atoms in total. The van der Waals surface area contributed by atoms with Crippen molar-refractivity contribution in [1.29, 1.82) is 0 Å². The Hall–Kier alpha value is -1.81. The molecule has 0 unspecified atom stereocenters. The van der Waals surface area contributed by atoms with Gasteiger partial charge in [-0.2, -0.15) is 0 Å². The highest BCUT2D eigenvalue weighted by Gasteiger charge is 2.10. The molecule has 2 aromatic rings. The molecule has 25 heavy (non-hydrogen) atoms. The van der Waals surface area contributed by atoms with Gasteiger partial charge in [-0.15, -0.1) is 0 Å². The lowest BCUT2D eigenvalue weighted by molar-refractivity contribution is -0.143. The summed E-state index contributed by atoms with van der Waals surface area (Å²) in [7, 11) is 1.71. The summed E-state index contributed by atoms with van der Waals surface area (Å²) in [6.45, 7) is 2.27. The van der Waals surface area contributed by atoms with Crippen molar-refractivity contribution in [3.8, 4) is 5.75 Å². The van der Waals surface area contributed by atoms with Crippen LogP contribution in [-0.4, -0.2) is 19.7 Å². The summed E-state index contributed by atoms with van der Waals surface area (Å²) in [4.78, 5) is 11.5. The lowest BCUT2D eigenvalue weighted by Crippen LogP contribution is -2.05. The average Bonchev–Trinajstić information content (AvgIpc) is 2.62. The number of aryl methyl sites for hydroxylation is 2. The van der Waals surface area contributed by atoms with E-state index in [0.717, 1.165) is 35.9 Å². The maximum absolute atomic E-state index is 11.5. The van der Waals surface area contributed by atoms with Crippen LogP contribution >= 0.6 is 15.9 Å². The molecule has 2 rings (SSSR count). The molecule has 0 saturated carbocycles. The Balaban J connectivity index is 2.04. The van der Waals surface area contributed by atoms with E-state index in [2.05, 4.69) is 46.3 Å². The van der Waals surface area contributed by atoms with Crippen molar-refractivity contribution < 1.29 is 14.3 Å². The van der Waals surface area contributed by atoms with Crippen LogP contribution in [0.15, 0.2) is 46.9 Å². The average molecular weight is 405 g/mol. The van der Waals surface area contributed by atoms with Crippen LogP contribution in [-0.2, 0) is 28.8 Å². The Bertz CT molecular complexity index is 680. The zero-order valence-electron chi connectivity index (χ0n) is 14.9. The monoisotopic (exact) mass is 404 g/mol. The third-order valence-corrected chi connectivity index (χ3v) is 4.69. The normalized spacial score (nSPS) is 10.5. The molecule has 134 valence electrons. The maximum atomic E-state index is 11.5. The number of halogens is 1. The van der Waals surface area contributed by atoms with Gasteiger partial charge in [0.1, 0.15) is 5.75 Å². The molecule has 0 N–H and O–H groups in total. The Morgan fingerprint density at radius 2 is 1.80 bits per heavy atom. The Morgan fingerprint density at radius 3 is 2.48 bits per heavy atom. The number of rotatable bonds is 9. The molecular formula is C21H25BrO3. The van der Waals surface area contributed by atoms with Gasteiger partial charge in [-0.25, -0.2) is 0 Å². The van der Waals surface area contributed by atoms with Gasteiger partial charge in [-0.3, -0.25) is 4.79 Å². The van der Waals surface area contributed by atoms with Gasteiger partial charge in [-0.1, -0.05) is 40.2 Å². The topological polar surface area (TPSA) is 35.5 Å². The van der Waals surface area contributed by atoms with Gasteiger partial charge in [0.25, 0.3) is 0 Å². The van der Waals surface area contributed by atoms with Gasteiger partial charge in [0, 0.05) is 10.9 Å². The van der Waals surface area contributed by atoms with Crippen molar-refractivity contribution >= 4 is 21.9 Å². The summed E-state index contributed by atoms with van der Waals surface area (Å²) in [5, 5.41) is 0. The van der Waals surface area contributed by atoms with E-state index in [1.54, 1.807) is 7.11 Å². The van der Waals surface area contributed by atoms with Crippen molar-refractivity contribution in [2.75, 3.05) is 13.7 Å². The standard InChI is InChI=1S/C21H25BrO3/c1-3-25-21(23)9-5-7-17-6-4-8-20(24-2)19(17)15-12-16-10-13-18(22)14-11-16/h4,6,8,10-11,13-14H,3,5,7,9,12,15H2,1-2H3. The van der Waals surface area contributed by atoms with Crippen LogP contribution in [0.25, 0.3) is 0 Å². The first-order valence-corrected chi connectivity index (χ1v) is 9.48. The van der Waals surface area contributed by atoms with Crippen molar-refractivity contribution in [3.05, 3.63) is 63.6 Å². The quantitative estimate of drug-likeness (QED) is 0.543. The molecule has 0 fully saturated rings. The molecule has 0 aliphatic heterocycles. The number of carbonyl (C=O) groups is 1. The van der Waals surface area contributed by atoms with Crippen LogP contribution in [0.2, 0.25) is 0 Å². The van der Waals surface area contributed by atoms with Gasteiger partial charge in [0.05, 0.1) is 13.7 Å². The predicted octanol–water partition coefficient (Wildman–Crippen LogP) is 5.13. The third kappa shape index (κ3) is 6.20. The molecule has 4 heteroatoms. The Labute approximate surface area is 158 Å². The molecule has 0 spiro atoms. The molecular weight excluding hydrogens is 380 g/mol. The number of methoxy groups -OCH3 is 1. The smallest absolute Gasteiger partial charge is 0.305 e. The zero-order chi connectivity index (χ0) is 18.1. The lowest BCUT2D eigenvalue weighted by Gasteiger charge is -2.14. The molecule has 0 aliphatic carbocycles. The third-order valence-electron chi connectivity index (χ3n) is 4.16. The summed E-state index contributed by atoms with van der Waals surface area (Å²) in [5.74, 6) is 0.799. The van der Waals surface area contributed by atoms with Crippen LogP contribution < -0.4 is 4.74 Å². The highest BCUT2D eigenvalue weighted by atomic mass is 79.9. The van der Waals surface area contributed by atoms with Crippen molar-refractivity contribution in [1.82, 2.24) is 0 Å². The van der Waals surface area contributed by atoms with E-state index >= 15 is 0 Å². The molecule has 0 bridgehead atoms. The summed E-state index contributed by atoms with van der Waals surface area (Å²) in [5.41, 5.74) is 3.78. The van der Waals surface area contributed by atoms with Crippen LogP contribution in [0.5, 0.6) is 5.75 Å². The molecule has 0 atom stereocenters. The number of hydrogen-bond acceptors (Lipinski definition) is 3. The second kappa shape index (κ2) is 10.2. The highest BCUT2D eigenvalue weighted by Crippen LogP contribution is 2.26. The number of benzene rings is 2. The van der Waals surface area contributed by atoms with Crippen LogP contribution in [0.3, 0.4) is 0 Å². The molecule has 0 amide bonds. The van der Waals surface area contributed by atoms with Crippen molar-refractivity contribution in [2.45, 2.75) is 39.0 Å². The van der Waals surface area contributed by atoms with E-state index in [1.165, 1.54) is 16.7 Å². The fourth-order valence-electron chi connectivity index (χ4n) is 2.90. The summed E-state index contributed by atoms with van der Waals surface area (Å²) in [6.07, 6.45) is 3.97. The van der Waals surface area contributed by atoms with E-state index in [1.807, 2.05) is 19.1 Å². The van der Waals surface area contributed by atoms with E-state index in [-0.39, 0.29) is 5.97 Å². The van der Waals surface area contributed by atoms with Crippen LogP contribution in [0.1, 0.15) is 36.5 Å². The highest BCUT2D eigenvalue weighted by molar-refractivity contribution is 9.10. The van der Waals surface area contributed by atoms with Crippen LogP contribution in [0, 0.1) is 0 Å². The number of hydrogen-bond donors (Lipinski definition) is 0. The molecule has 2 aromatic carbocycles. The molecule has 0 aliphatic rings. The predicted molar refractivity (Wildman–Crippen MR) is 104 cm³/mol. The van der Waals surface area contributed by atoms with Gasteiger partial charge in [0.15, 0.2) is 0 Å². The summed E-state index contributed by atoms with van der Waals surface area (Å²) < 4.78 is 11.7. The van der Waals surface area contributed by atoms with Gasteiger partial charge in [-0.05, 0) is 67.5 Å². The second-order valence-electron chi connectivity index (χ2n) is 5.88. The van der Waals surface area contributed by atoms with Crippen molar-refractivity contribution in [3.63, 3.8) is 0 Å². The molecule has 0 radical (unpaired) electrons. The van der Waals surface area contributed by atoms with Gasteiger partial charge >= 0.3 is 5.97 Å². The van der Waals surface area contributed by atoms with E-state index in [4.69, 9.17) is 9.47 Å².